The maximum Gasteiger partial charge on any atom is 0.0522 e. The molecule has 0 bridgehead atoms. The van der Waals surface area contributed by atoms with E-state index in [0.717, 1.165) is 6.42 Å². The van der Waals surface area contributed by atoms with Crippen molar-refractivity contribution in [1.29, 1.82) is 0 Å². The summed E-state index contributed by atoms with van der Waals surface area (Å²) in [6.07, 6.45) is 4.94. The van der Waals surface area contributed by atoms with Crippen LogP contribution in [0.4, 0.5) is 0 Å². The van der Waals surface area contributed by atoms with Crippen LogP contribution >= 0.6 is 23.5 Å². The third-order valence-electron chi connectivity index (χ3n) is 2.72. The molecule has 3 N–H and O–H groups in total. The van der Waals surface area contributed by atoms with E-state index in [0.29, 0.717) is 11.3 Å². The molecule has 90 valence electrons. The van der Waals surface area contributed by atoms with Crippen LogP contribution in [0.3, 0.4) is 0 Å². The topological polar surface area (TPSA) is 55.9 Å². The molecule has 1 aromatic heterocycles. The van der Waals surface area contributed by atoms with Gasteiger partial charge in [0.1, 0.15) is 0 Å². The van der Waals surface area contributed by atoms with Crippen molar-refractivity contribution >= 4 is 23.5 Å². The molecule has 0 amide bonds. The van der Waals surface area contributed by atoms with E-state index < -0.39 is 0 Å². The van der Waals surface area contributed by atoms with Crippen molar-refractivity contribution in [3.05, 3.63) is 18.0 Å². The lowest BCUT2D eigenvalue weighted by Gasteiger charge is -2.28. The van der Waals surface area contributed by atoms with Crippen LogP contribution in [0.5, 0.6) is 0 Å². The molecule has 2 rings (SSSR count). The smallest absolute Gasteiger partial charge is 0.0522 e. The van der Waals surface area contributed by atoms with Crippen molar-refractivity contribution in [1.82, 2.24) is 15.2 Å². The predicted octanol–water partition coefficient (Wildman–Crippen LogP) is 0.643. The molecule has 1 aliphatic rings. The van der Waals surface area contributed by atoms with Crippen molar-refractivity contribution < 1.29 is 0 Å². The summed E-state index contributed by atoms with van der Waals surface area (Å²) in [4.78, 5) is 0. The van der Waals surface area contributed by atoms with Crippen LogP contribution in [0.15, 0.2) is 12.4 Å². The molecule has 0 spiro atoms. The number of hydrogen-bond donors (Lipinski definition) is 2. The van der Waals surface area contributed by atoms with Gasteiger partial charge in [0.2, 0.25) is 0 Å². The maximum atomic E-state index is 5.66. The minimum atomic E-state index is 0.349. The Morgan fingerprint density at radius 1 is 1.69 bits per heavy atom. The fourth-order valence-electron chi connectivity index (χ4n) is 1.87. The largest absolute Gasteiger partial charge is 0.276 e. The van der Waals surface area contributed by atoms with Gasteiger partial charge >= 0.3 is 0 Å². The molecule has 0 aromatic carbocycles. The molecule has 0 aliphatic carbocycles. The number of aryl methyl sites for hydroxylation is 1. The molecule has 1 fully saturated rings. The fourth-order valence-corrected chi connectivity index (χ4v) is 4.74. The summed E-state index contributed by atoms with van der Waals surface area (Å²) in [7, 11) is 1.94. The molecule has 2 unspecified atom stereocenters. The lowest BCUT2D eigenvalue weighted by atomic mass is 10.1. The van der Waals surface area contributed by atoms with Crippen LogP contribution < -0.4 is 11.3 Å². The van der Waals surface area contributed by atoms with Gasteiger partial charge in [-0.3, -0.25) is 16.0 Å². The molecule has 4 nitrogen and oxygen atoms in total. The lowest BCUT2D eigenvalue weighted by Crippen LogP contribution is -2.46. The summed E-state index contributed by atoms with van der Waals surface area (Å²) in [5.74, 6) is 9.36. The Morgan fingerprint density at radius 3 is 3.12 bits per heavy atom. The lowest BCUT2D eigenvalue weighted by molar-refractivity contribution is 0.523. The van der Waals surface area contributed by atoms with E-state index in [2.05, 4.69) is 16.7 Å². The Kier molecular flexibility index (Phi) is 4.57. The van der Waals surface area contributed by atoms with Crippen molar-refractivity contribution in [2.24, 2.45) is 12.9 Å². The first-order chi connectivity index (χ1) is 7.79. The molecule has 2 heterocycles. The van der Waals surface area contributed by atoms with Crippen molar-refractivity contribution in [2.45, 2.75) is 17.7 Å². The molecule has 1 aliphatic heterocycles. The number of rotatable bonds is 4. The molecular weight excluding hydrogens is 240 g/mol. The van der Waals surface area contributed by atoms with Gasteiger partial charge in [-0.25, -0.2) is 0 Å². The summed E-state index contributed by atoms with van der Waals surface area (Å²) < 4.78 is 1.84. The van der Waals surface area contributed by atoms with Crippen LogP contribution in [0.25, 0.3) is 0 Å². The van der Waals surface area contributed by atoms with Crippen LogP contribution in [-0.2, 0) is 13.5 Å². The number of hydrazine groups is 1. The number of nitrogens with two attached hydrogens (primary N) is 1. The molecule has 1 aromatic rings. The van der Waals surface area contributed by atoms with Crippen LogP contribution in [0.1, 0.15) is 5.56 Å². The highest BCUT2D eigenvalue weighted by Gasteiger charge is 2.24. The number of thioether (sulfide) groups is 2. The molecule has 0 saturated carbocycles. The summed E-state index contributed by atoms with van der Waals surface area (Å²) in [5.41, 5.74) is 4.21. The SMILES string of the molecule is Cn1cc(CC(NN)C2CSCCS2)cn1. The second kappa shape index (κ2) is 5.95. The van der Waals surface area contributed by atoms with Gasteiger partial charge in [-0.15, -0.1) is 0 Å². The number of hydrogen-bond acceptors (Lipinski definition) is 5. The fraction of sp³-hybridized carbons (Fsp3) is 0.700. The quantitative estimate of drug-likeness (QED) is 0.613. The summed E-state index contributed by atoms with van der Waals surface area (Å²) in [6, 6.07) is 0.349. The Bertz CT molecular complexity index is 322. The maximum absolute atomic E-state index is 5.66. The van der Waals surface area contributed by atoms with Gasteiger partial charge in [-0.1, -0.05) is 0 Å². The zero-order valence-corrected chi connectivity index (χ0v) is 11.1. The molecule has 0 radical (unpaired) electrons. The van der Waals surface area contributed by atoms with E-state index in [4.69, 9.17) is 5.84 Å². The van der Waals surface area contributed by atoms with Gasteiger partial charge in [0.25, 0.3) is 0 Å². The highest BCUT2D eigenvalue weighted by atomic mass is 32.2. The van der Waals surface area contributed by atoms with E-state index in [1.54, 1.807) is 0 Å². The van der Waals surface area contributed by atoms with Gasteiger partial charge in [-0.05, 0) is 12.0 Å². The highest BCUT2D eigenvalue weighted by Crippen LogP contribution is 2.27. The second-order valence-corrected chi connectivity index (χ2v) is 6.48. The van der Waals surface area contributed by atoms with Crippen LogP contribution in [0, 0.1) is 0 Å². The highest BCUT2D eigenvalue weighted by molar-refractivity contribution is 8.06. The minimum absolute atomic E-state index is 0.349. The summed E-state index contributed by atoms with van der Waals surface area (Å²) in [5, 5.41) is 4.80. The Morgan fingerprint density at radius 2 is 2.56 bits per heavy atom. The van der Waals surface area contributed by atoms with E-state index >= 15 is 0 Å². The van der Waals surface area contributed by atoms with Gasteiger partial charge in [0, 0.05) is 41.8 Å². The zero-order valence-electron chi connectivity index (χ0n) is 9.43. The Hall–Kier alpha value is -0.170. The number of aromatic nitrogens is 2. The Labute approximate surface area is 105 Å². The van der Waals surface area contributed by atoms with Gasteiger partial charge in [0.05, 0.1) is 6.20 Å². The standard InChI is InChI=1S/C10H18N4S2/c1-14-6-8(5-12-14)4-9(13-11)10-7-15-2-3-16-10/h5-6,9-10,13H,2-4,7,11H2,1H3. The molecule has 6 heteroatoms. The zero-order chi connectivity index (χ0) is 11.4. The third-order valence-corrected chi connectivity index (χ3v) is 5.64. The van der Waals surface area contributed by atoms with Crippen molar-refractivity contribution in [3.63, 3.8) is 0 Å². The summed E-state index contributed by atoms with van der Waals surface area (Å²) >= 11 is 4.06. The molecule has 1 saturated heterocycles. The Balaban J connectivity index is 1.94. The van der Waals surface area contributed by atoms with Gasteiger partial charge in [-0.2, -0.15) is 28.6 Å². The van der Waals surface area contributed by atoms with Crippen molar-refractivity contribution in [3.8, 4) is 0 Å². The molecule has 2 atom stereocenters. The van der Waals surface area contributed by atoms with E-state index in [1.165, 1.54) is 22.8 Å². The van der Waals surface area contributed by atoms with Crippen LogP contribution in [-0.4, -0.2) is 38.3 Å². The van der Waals surface area contributed by atoms with Crippen LogP contribution in [0.2, 0.25) is 0 Å². The molecule has 16 heavy (non-hydrogen) atoms. The van der Waals surface area contributed by atoms with E-state index in [-0.39, 0.29) is 0 Å². The van der Waals surface area contributed by atoms with Gasteiger partial charge in [0.15, 0.2) is 0 Å². The average molecular weight is 258 g/mol. The predicted molar refractivity (Wildman–Crippen MR) is 71.6 cm³/mol. The number of nitrogens with one attached hydrogen (secondary N) is 1. The first-order valence-corrected chi connectivity index (χ1v) is 7.63. The number of nitrogens with zero attached hydrogens (tertiary/aromatic N) is 2. The minimum Gasteiger partial charge on any atom is -0.276 e. The third kappa shape index (κ3) is 3.16. The van der Waals surface area contributed by atoms with Crippen molar-refractivity contribution in [2.75, 3.05) is 17.3 Å². The van der Waals surface area contributed by atoms with E-state index in [1.807, 2.05) is 41.5 Å². The van der Waals surface area contributed by atoms with Gasteiger partial charge < -0.3 is 0 Å². The second-order valence-electron chi connectivity index (χ2n) is 3.98. The van der Waals surface area contributed by atoms with E-state index in [9.17, 15) is 0 Å². The summed E-state index contributed by atoms with van der Waals surface area (Å²) in [6.45, 7) is 0. The average Bonchev–Trinajstić information content (AvgIpc) is 2.73. The normalized spacial score (nSPS) is 23.2. The molecular formula is C10H18N4S2. The first kappa shape index (κ1) is 12.3. The first-order valence-electron chi connectivity index (χ1n) is 5.42. The monoisotopic (exact) mass is 258 g/mol.